The van der Waals surface area contributed by atoms with E-state index in [1.807, 2.05) is 6.92 Å². The van der Waals surface area contributed by atoms with Gasteiger partial charge in [-0.1, -0.05) is 20.8 Å². The smallest absolute Gasteiger partial charge is 0.140 e. The van der Waals surface area contributed by atoms with Gasteiger partial charge in [-0.2, -0.15) is 0 Å². The van der Waals surface area contributed by atoms with Crippen LogP contribution in [0.15, 0.2) is 0 Å². The van der Waals surface area contributed by atoms with E-state index >= 15 is 0 Å². The van der Waals surface area contributed by atoms with Crippen molar-refractivity contribution >= 4 is 12.1 Å². The van der Waals surface area contributed by atoms with Gasteiger partial charge in [0.1, 0.15) is 12.1 Å². The standard InChI is InChI=1S/C23H36O3/c1-5-23(14-24)9-8-17-16-7-6-15-13-20(2,26)10-11-21(15,3)18(16)12-19(25)22(17,23)4/h14-18,26H,5-13H2,1-4H3/t15-,16-,17-,18-,20+,21-,22+,23+/m0/s1. The van der Waals surface area contributed by atoms with Crippen molar-refractivity contribution in [1.82, 2.24) is 0 Å². The molecule has 0 saturated heterocycles. The Morgan fingerprint density at radius 3 is 2.46 bits per heavy atom. The average Bonchev–Trinajstić information content (AvgIpc) is 2.91. The third-order valence-corrected chi connectivity index (χ3v) is 10.1. The molecule has 0 unspecified atom stereocenters. The van der Waals surface area contributed by atoms with Crippen LogP contribution >= 0.6 is 0 Å². The Morgan fingerprint density at radius 1 is 1.08 bits per heavy atom. The molecule has 8 atom stereocenters. The summed E-state index contributed by atoms with van der Waals surface area (Å²) in [5.41, 5.74) is -1.24. The molecule has 0 aromatic rings. The fourth-order valence-corrected chi connectivity index (χ4v) is 8.16. The molecule has 0 aromatic heterocycles. The molecule has 4 aliphatic carbocycles. The highest BCUT2D eigenvalue weighted by Gasteiger charge is 2.68. The predicted molar refractivity (Wildman–Crippen MR) is 102 cm³/mol. The third-order valence-electron chi connectivity index (χ3n) is 10.1. The number of fused-ring (bicyclic) bond motifs is 5. The number of carbonyl (C=O) groups excluding carboxylic acids is 2. The zero-order valence-electron chi connectivity index (χ0n) is 17.0. The maximum absolute atomic E-state index is 13.5. The molecule has 4 aliphatic rings. The minimum absolute atomic E-state index is 0.181. The van der Waals surface area contributed by atoms with Crippen molar-refractivity contribution in [3.05, 3.63) is 0 Å². The molecule has 0 amide bonds. The van der Waals surface area contributed by atoms with Crippen molar-refractivity contribution in [2.45, 2.75) is 91.1 Å². The first-order valence-electron chi connectivity index (χ1n) is 10.9. The van der Waals surface area contributed by atoms with Crippen LogP contribution in [0.3, 0.4) is 0 Å². The van der Waals surface area contributed by atoms with Crippen LogP contribution < -0.4 is 0 Å². The summed E-state index contributed by atoms with van der Waals surface area (Å²) in [6.45, 7) is 8.60. The molecule has 3 nitrogen and oxygen atoms in total. The summed E-state index contributed by atoms with van der Waals surface area (Å²) in [5.74, 6) is 2.29. The van der Waals surface area contributed by atoms with Crippen LogP contribution in [0.5, 0.6) is 0 Å². The van der Waals surface area contributed by atoms with Crippen LogP contribution in [-0.4, -0.2) is 22.8 Å². The number of hydrogen-bond donors (Lipinski definition) is 1. The van der Waals surface area contributed by atoms with Gasteiger partial charge in [-0.25, -0.2) is 0 Å². The molecule has 0 bridgehead atoms. The third kappa shape index (κ3) is 2.16. The van der Waals surface area contributed by atoms with Gasteiger partial charge in [-0.15, -0.1) is 0 Å². The second-order valence-electron chi connectivity index (χ2n) is 10.9. The molecule has 4 saturated carbocycles. The predicted octanol–water partition coefficient (Wildman–Crippen LogP) is 4.55. The second kappa shape index (κ2) is 5.65. The first-order valence-corrected chi connectivity index (χ1v) is 10.9. The second-order valence-corrected chi connectivity index (χ2v) is 10.9. The van der Waals surface area contributed by atoms with Crippen molar-refractivity contribution in [2.75, 3.05) is 0 Å². The number of aldehydes is 1. The number of aliphatic hydroxyl groups is 1. The Bertz CT molecular complexity index is 625. The topological polar surface area (TPSA) is 54.4 Å². The van der Waals surface area contributed by atoms with Gasteiger partial charge in [0, 0.05) is 17.3 Å². The molecule has 146 valence electrons. The van der Waals surface area contributed by atoms with Gasteiger partial charge < -0.3 is 9.90 Å². The number of rotatable bonds is 2. The van der Waals surface area contributed by atoms with Crippen LogP contribution in [-0.2, 0) is 9.59 Å². The SMILES string of the molecule is CC[C@]1(C=O)CC[C@H]2[C@@H]3CC[C@H]4C[C@](C)(O)CC[C@]4(C)[C@H]3CC(=O)[C@@]21C. The lowest BCUT2D eigenvalue weighted by molar-refractivity contribution is -0.171. The molecule has 0 heterocycles. The van der Waals surface area contributed by atoms with Crippen molar-refractivity contribution in [2.24, 2.45) is 39.9 Å². The summed E-state index contributed by atoms with van der Waals surface area (Å²) in [7, 11) is 0. The number of carbonyl (C=O) groups is 2. The largest absolute Gasteiger partial charge is 0.390 e. The van der Waals surface area contributed by atoms with Crippen molar-refractivity contribution in [3.8, 4) is 0 Å². The molecule has 3 heteroatoms. The lowest BCUT2D eigenvalue weighted by Crippen LogP contribution is -2.59. The summed E-state index contributed by atoms with van der Waals surface area (Å²) >= 11 is 0. The van der Waals surface area contributed by atoms with Crippen molar-refractivity contribution in [1.29, 1.82) is 0 Å². The summed E-state index contributed by atoms with van der Waals surface area (Å²) in [5, 5.41) is 10.6. The lowest BCUT2D eigenvalue weighted by Gasteiger charge is -2.61. The summed E-state index contributed by atoms with van der Waals surface area (Å²) in [6.07, 6.45) is 9.63. The first kappa shape index (κ1) is 18.7. The van der Waals surface area contributed by atoms with Crippen LogP contribution in [0.1, 0.15) is 85.5 Å². The van der Waals surface area contributed by atoms with Gasteiger partial charge in [0.25, 0.3) is 0 Å². The molecule has 0 radical (unpaired) electrons. The van der Waals surface area contributed by atoms with Gasteiger partial charge >= 0.3 is 0 Å². The zero-order chi connectivity index (χ0) is 19.0. The maximum Gasteiger partial charge on any atom is 0.140 e. The Morgan fingerprint density at radius 2 is 1.81 bits per heavy atom. The highest BCUT2D eigenvalue weighted by Crippen LogP contribution is 2.69. The Kier molecular flexibility index (Phi) is 4.06. The van der Waals surface area contributed by atoms with Crippen LogP contribution in [0.25, 0.3) is 0 Å². The number of ketones is 1. The van der Waals surface area contributed by atoms with Crippen molar-refractivity contribution < 1.29 is 14.7 Å². The molecule has 0 aromatic carbocycles. The van der Waals surface area contributed by atoms with E-state index in [2.05, 4.69) is 20.8 Å². The van der Waals surface area contributed by atoms with Crippen LogP contribution in [0.4, 0.5) is 0 Å². The lowest BCUT2D eigenvalue weighted by atomic mass is 9.42. The molecule has 1 N–H and O–H groups in total. The molecular weight excluding hydrogens is 324 g/mol. The normalized spacial score (nSPS) is 56.4. The van der Waals surface area contributed by atoms with E-state index in [9.17, 15) is 14.7 Å². The number of hydrogen-bond acceptors (Lipinski definition) is 3. The average molecular weight is 361 g/mol. The highest BCUT2D eigenvalue weighted by molar-refractivity contribution is 5.91. The van der Waals surface area contributed by atoms with Gasteiger partial charge in [-0.3, -0.25) is 4.79 Å². The minimum atomic E-state index is -0.535. The minimum Gasteiger partial charge on any atom is -0.390 e. The van der Waals surface area contributed by atoms with E-state index in [-0.39, 0.29) is 5.41 Å². The van der Waals surface area contributed by atoms with E-state index in [4.69, 9.17) is 0 Å². The molecule has 0 aliphatic heterocycles. The quantitative estimate of drug-likeness (QED) is 0.735. The molecule has 4 fully saturated rings. The van der Waals surface area contributed by atoms with E-state index < -0.39 is 16.4 Å². The molecule has 26 heavy (non-hydrogen) atoms. The monoisotopic (exact) mass is 360 g/mol. The summed E-state index contributed by atoms with van der Waals surface area (Å²) in [4.78, 5) is 25.6. The van der Waals surface area contributed by atoms with Gasteiger partial charge in [0.15, 0.2) is 0 Å². The van der Waals surface area contributed by atoms with E-state index in [0.29, 0.717) is 35.9 Å². The van der Waals surface area contributed by atoms with Gasteiger partial charge in [-0.05, 0) is 87.4 Å². The highest BCUT2D eigenvalue weighted by atomic mass is 16.3. The van der Waals surface area contributed by atoms with E-state index in [1.54, 1.807) is 0 Å². The fourth-order valence-electron chi connectivity index (χ4n) is 8.16. The molecular formula is C23H36O3. The van der Waals surface area contributed by atoms with E-state index in [0.717, 1.165) is 44.8 Å². The fraction of sp³-hybridized carbons (Fsp3) is 0.913. The number of Topliss-reactive ketones (excluding diaryl/α,β-unsaturated/α-hetero) is 1. The Hall–Kier alpha value is -0.700. The molecule has 4 rings (SSSR count). The Balaban J connectivity index is 1.70. The Labute approximate surface area is 158 Å². The molecule has 0 spiro atoms. The van der Waals surface area contributed by atoms with Gasteiger partial charge in [0.05, 0.1) is 5.60 Å². The summed E-state index contributed by atoms with van der Waals surface area (Å²) < 4.78 is 0. The van der Waals surface area contributed by atoms with Crippen molar-refractivity contribution in [3.63, 3.8) is 0 Å². The van der Waals surface area contributed by atoms with Crippen LogP contribution in [0.2, 0.25) is 0 Å². The first-order chi connectivity index (χ1) is 12.1. The summed E-state index contributed by atoms with van der Waals surface area (Å²) in [6, 6.07) is 0. The zero-order valence-corrected chi connectivity index (χ0v) is 17.0. The maximum atomic E-state index is 13.5. The van der Waals surface area contributed by atoms with Gasteiger partial charge in [0.2, 0.25) is 0 Å². The van der Waals surface area contributed by atoms with Crippen LogP contribution in [0, 0.1) is 39.9 Å². The van der Waals surface area contributed by atoms with E-state index in [1.165, 1.54) is 12.8 Å².